The summed E-state index contributed by atoms with van der Waals surface area (Å²) in [5.74, 6) is 0.0148. The first-order valence-electron chi connectivity index (χ1n) is 6.25. The fraction of sp³-hybridized carbons (Fsp3) is 0.143. The zero-order valence-corrected chi connectivity index (χ0v) is 11.7. The smallest absolute Gasteiger partial charge is 0.313 e. The molecule has 0 aliphatic carbocycles. The van der Waals surface area contributed by atoms with Crippen molar-refractivity contribution in [1.82, 2.24) is 4.98 Å². The van der Waals surface area contributed by atoms with Gasteiger partial charge in [-0.15, -0.1) is 0 Å². The number of rotatable bonds is 3. The van der Waals surface area contributed by atoms with E-state index >= 15 is 0 Å². The van der Waals surface area contributed by atoms with Crippen LogP contribution < -0.4 is 11.1 Å². The van der Waals surface area contributed by atoms with E-state index in [1.54, 1.807) is 0 Å². The first-order chi connectivity index (χ1) is 9.97. The summed E-state index contributed by atoms with van der Waals surface area (Å²) in [7, 11) is 0. The van der Waals surface area contributed by atoms with Gasteiger partial charge >= 0.3 is 5.69 Å². The largest absolute Gasteiger partial charge is 0.369 e. The van der Waals surface area contributed by atoms with Crippen LogP contribution in [-0.4, -0.2) is 15.9 Å². The molecular weight excluding hydrogens is 270 g/mol. The Morgan fingerprint density at radius 2 is 2.14 bits per heavy atom. The highest BCUT2D eigenvalue weighted by Crippen LogP contribution is 2.23. The van der Waals surface area contributed by atoms with Gasteiger partial charge in [-0.3, -0.25) is 10.1 Å². The van der Waals surface area contributed by atoms with Gasteiger partial charge in [-0.2, -0.15) is 4.99 Å². The summed E-state index contributed by atoms with van der Waals surface area (Å²) in [5.41, 5.74) is 8.53. The van der Waals surface area contributed by atoms with Crippen molar-refractivity contribution in [3.63, 3.8) is 0 Å². The third-order valence-electron chi connectivity index (χ3n) is 2.83. The van der Waals surface area contributed by atoms with Gasteiger partial charge in [0.15, 0.2) is 5.96 Å². The van der Waals surface area contributed by atoms with E-state index < -0.39 is 4.92 Å². The highest BCUT2D eigenvalue weighted by molar-refractivity contribution is 5.94. The number of nitrogens with one attached hydrogen (secondary N) is 1. The average molecular weight is 285 g/mol. The molecule has 3 N–H and O–H groups in total. The lowest BCUT2D eigenvalue weighted by Crippen LogP contribution is -2.22. The summed E-state index contributed by atoms with van der Waals surface area (Å²) >= 11 is 0. The minimum absolute atomic E-state index is 0.0303. The number of nitrogens with two attached hydrogens (primary N) is 1. The molecule has 1 heterocycles. The zero-order valence-electron chi connectivity index (χ0n) is 11.7. The van der Waals surface area contributed by atoms with Gasteiger partial charge in [-0.05, 0) is 31.5 Å². The maximum Gasteiger partial charge on any atom is 0.313 e. The van der Waals surface area contributed by atoms with E-state index in [-0.39, 0.29) is 17.5 Å². The number of hydrogen-bond acceptors (Lipinski definition) is 4. The molecule has 0 saturated heterocycles. The predicted octanol–water partition coefficient (Wildman–Crippen LogP) is 2.66. The fourth-order valence-electron chi connectivity index (χ4n) is 1.85. The fourth-order valence-corrected chi connectivity index (χ4v) is 1.85. The van der Waals surface area contributed by atoms with E-state index in [1.807, 2.05) is 32.0 Å². The lowest BCUT2D eigenvalue weighted by Gasteiger charge is -2.09. The highest BCUT2D eigenvalue weighted by Gasteiger charge is 2.13. The molecular formula is C14H15N5O2. The van der Waals surface area contributed by atoms with Gasteiger partial charge in [0.1, 0.15) is 0 Å². The van der Waals surface area contributed by atoms with Crippen molar-refractivity contribution in [1.29, 1.82) is 0 Å². The van der Waals surface area contributed by atoms with Crippen LogP contribution in [-0.2, 0) is 0 Å². The van der Waals surface area contributed by atoms with Gasteiger partial charge in [-0.1, -0.05) is 17.7 Å². The minimum Gasteiger partial charge on any atom is -0.369 e. The summed E-state index contributed by atoms with van der Waals surface area (Å²) in [6, 6.07) is 8.62. The van der Waals surface area contributed by atoms with E-state index in [0.717, 1.165) is 16.8 Å². The van der Waals surface area contributed by atoms with Gasteiger partial charge in [0, 0.05) is 18.0 Å². The molecule has 7 nitrogen and oxygen atoms in total. The van der Waals surface area contributed by atoms with Crippen molar-refractivity contribution >= 4 is 23.2 Å². The van der Waals surface area contributed by atoms with Crippen LogP contribution >= 0.6 is 0 Å². The number of guanidine groups is 1. The molecule has 0 unspecified atom stereocenters. The molecule has 0 aliphatic rings. The standard InChI is InChI=1S/C14H15N5O2/c1-9-5-6-11(10(2)8-9)17-14(15)18-13-12(19(20)21)4-3-7-16-13/h3-8H,1-2H3,(H3,15,16,17,18). The van der Waals surface area contributed by atoms with Crippen LogP contribution in [0.4, 0.5) is 17.2 Å². The Morgan fingerprint density at radius 1 is 1.38 bits per heavy atom. The summed E-state index contributed by atoms with van der Waals surface area (Å²) in [6.45, 7) is 3.93. The van der Waals surface area contributed by atoms with Crippen molar-refractivity contribution in [2.45, 2.75) is 13.8 Å². The van der Waals surface area contributed by atoms with Crippen LogP contribution in [0.2, 0.25) is 0 Å². The Bertz CT molecular complexity index is 712. The van der Waals surface area contributed by atoms with E-state index in [4.69, 9.17) is 5.73 Å². The van der Waals surface area contributed by atoms with Crippen molar-refractivity contribution < 1.29 is 4.92 Å². The Balaban J connectivity index is 2.28. The molecule has 0 radical (unpaired) electrons. The Kier molecular flexibility index (Phi) is 4.13. The molecule has 1 aromatic carbocycles. The Morgan fingerprint density at radius 3 is 2.81 bits per heavy atom. The predicted molar refractivity (Wildman–Crippen MR) is 81.7 cm³/mol. The van der Waals surface area contributed by atoms with Crippen molar-refractivity contribution in [2.75, 3.05) is 5.32 Å². The number of aliphatic imine (C=N–C) groups is 1. The van der Waals surface area contributed by atoms with Gasteiger partial charge in [0.05, 0.1) is 4.92 Å². The Hall–Kier alpha value is -2.96. The number of anilines is 1. The molecule has 7 heteroatoms. The quantitative estimate of drug-likeness (QED) is 0.390. The van der Waals surface area contributed by atoms with E-state index in [1.165, 1.54) is 18.3 Å². The van der Waals surface area contributed by atoms with Crippen molar-refractivity contribution in [3.05, 3.63) is 57.8 Å². The van der Waals surface area contributed by atoms with Crippen molar-refractivity contribution in [2.24, 2.45) is 10.7 Å². The molecule has 0 saturated carbocycles. The lowest BCUT2D eigenvalue weighted by molar-refractivity contribution is -0.384. The lowest BCUT2D eigenvalue weighted by atomic mass is 10.1. The summed E-state index contributed by atoms with van der Waals surface area (Å²) in [5, 5.41) is 13.8. The third kappa shape index (κ3) is 3.53. The second kappa shape index (κ2) is 6.00. The zero-order chi connectivity index (χ0) is 15.4. The van der Waals surface area contributed by atoms with Crippen LogP contribution in [0.25, 0.3) is 0 Å². The molecule has 0 bridgehead atoms. The first kappa shape index (κ1) is 14.4. The second-order valence-electron chi connectivity index (χ2n) is 4.54. The molecule has 1 aromatic heterocycles. The van der Waals surface area contributed by atoms with Crippen LogP contribution in [0.15, 0.2) is 41.5 Å². The number of benzene rings is 1. The number of hydrogen-bond donors (Lipinski definition) is 2. The van der Waals surface area contributed by atoms with E-state index in [2.05, 4.69) is 15.3 Å². The average Bonchev–Trinajstić information content (AvgIpc) is 2.42. The van der Waals surface area contributed by atoms with Crippen LogP contribution in [0.1, 0.15) is 11.1 Å². The monoisotopic (exact) mass is 285 g/mol. The number of nitro groups is 1. The Labute approximate surface area is 121 Å². The summed E-state index contributed by atoms with van der Waals surface area (Å²) in [4.78, 5) is 18.2. The summed E-state index contributed by atoms with van der Waals surface area (Å²) in [6.07, 6.45) is 1.43. The van der Waals surface area contributed by atoms with E-state index in [9.17, 15) is 10.1 Å². The molecule has 0 amide bonds. The maximum atomic E-state index is 10.9. The highest BCUT2D eigenvalue weighted by atomic mass is 16.6. The second-order valence-corrected chi connectivity index (χ2v) is 4.54. The van der Waals surface area contributed by atoms with Crippen molar-refractivity contribution in [3.8, 4) is 0 Å². The van der Waals surface area contributed by atoms with Gasteiger partial charge in [0.2, 0.25) is 5.82 Å². The van der Waals surface area contributed by atoms with Crippen LogP contribution in [0.5, 0.6) is 0 Å². The normalized spacial score (nSPS) is 11.2. The minimum atomic E-state index is -0.545. The number of pyridine rings is 1. The SMILES string of the molecule is Cc1ccc(N/C(N)=N/c2ncccc2[N+](=O)[O-])c(C)c1. The molecule has 0 spiro atoms. The molecule has 0 aliphatic heterocycles. The van der Waals surface area contributed by atoms with Crippen LogP contribution in [0.3, 0.4) is 0 Å². The number of aromatic nitrogens is 1. The third-order valence-corrected chi connectivity index (χ3v) is 2.83. The topological polar surface area (TPSA) is 106 Å². The molecule has 0 atom stereocenters. The van der Waals surface area contributed by atoms with Gasteiger partial charge in [-0.25, -0.2) is 4.98 Å². The number of nitrogens with zero attached hydrogens (tertiary/aromatic N) is 3. The molecule has 108 valence electrons. The molecule has 21 heavy (non-hydrogen) atoms. The molecule has 2 aromatic rings. The molecule has 0 fully saturated rings. The maximum absolute atomic E-state index is 10.9. The van der Waals surface area contributed by atoms with Crippen LogP contribution in [0, 0.1) is 24.0 Å². The van der Waals surface area contributed by atoms with Gasteiger partial charge in [0.25, 0.3) is 0 Å². The summed E-state index contributed by atoms with van der Waals surface area (Å²) < 4.78 is 0. The van der Waals surface area contributed by atoms with E-state index in [0.29, 0.717) is 0 Å². The number of aryl methyl sites for hydroxylation is 2. The van der Waals surface area contributed by atoms with Gasteiger partial charge < -0.3 is 11.1 Å². The molecule has 2 rings (SSSR count). The first-order valence-corrected chi connectivity index (χ1v) is 6.25.